The zero-order valence-electron chi connectivity index (χ0n) is 35.2. The van der Waals surface area contributed by atoms with Crippen LogP contribution in [0.4, 0.5) is 22.0 Å². The van der Waals surface area contributed by atoms with Crippen LogP contribution in [0.15, 0.2) is 72.8 Å². The number of para-hydroxylation sites is 1. The SMILES string of the molecule is Cc1cc(C(=O)N2CCC(CN3CCC(n4c(C)cc5c(N6CCC(=O)NC6=O)cccc54)CC3)CC2)ccc1[C@H]1CN(c2cc(-c3ccccc3O)nnc2N)C[C@@H](C)O1. The van der Waals surface area contributed by atoms with Gasteiger partial charge in [-0.2, -0.15) is 0 Å². The molecular weight excluding hydrogens is 771 g/mol. The molecule has 0 spiro atoms. The van der Waals surface area contributed by atoms with E-state index >= 15 is 0 Å². The number of piperidine rings is 2. The summed E-state index contributed by atoms with van der Waals surface area (Å²) in [5, 5.41) is 22.4. The summed E-state index contributed by atoms with van der Waals surface area (Å²) in [6, 6.07) is 23.2. The van der Waals surface area contributed by atoms with E-state index in [2.05, 4.69) is 48.9 Å². The van der Waals surface area contributed by atoms with Crippen molar-refractivity contribution in [1.29, 1.82) is 0 Å². The second kappa shape index (κ2) is 16.8. The fraction of sp³-hybridized carbons (Fsp3) is 0.426. The Morgan fingerprint density at radius 3 is 2.43 bits per heavy atom. The molecule has 6 heterocycles. The summed E-state index contributed by atoms with van der Waals surface area (Å²) in [6.07, 6.45) is 4.07. The number of nitrogens with two attached hydrogens (primary N) is 1. The second-order valence-electron chi connectivity index (χ2n) is 17.3. The van der Waals surface area contributed by atoms with E-state index in [4.69, 9.17) is 10.5 Å². The molecule has 3 aromatic carbocycles. The van der Waals surface area contributed by atoms with Gasteiger partial charge in [0.2, 0.25) is 5.91 Å². The van der Waals surface area contributed by atoms with Crippen molar-refractivity contribution in [2.75, 3.05) is 67.9 Å². The number of hydrogen-bond donors (Lipinski definition) is 3. The number of urea groups is 1. The van der Waals surface area contributed by atoms with Crippen LogP contribution in [-0.4, -0.2) is 106 Å². The maximum Gasteiger partial charge on any atom is 0.328 e. The van der Waals surface area contributed by atoms with E-state index in [-0.39, 0.29) is 35.8 Å². The number of nitrogens with zero attached hydrogens (tertiary/aromatic N) is 7. The summed E-state index contributed by atoms with van der Waals surface area (Å²) in [6.45, 7) is 12.4. The van der Waals surface area contributed by atoms with Crippen LogP contribution in [0.3, 0.4) is 0 Å². The minimum absolute atomic E-state index is 0.0766. The standard InChI is InChI=1S/C47H55N9O5/c1-29-23-33(11-12-35(29)43-28-54(26-31(3)61-43)41-25-38(50-51-45(41)48)36-7-4-5-10-42(36)57)46(59)53-20-13-32(14-21-53)27-52-18-15-34(16-19-52)56-30(2)24-37-39(8-6-9-40(37)56)55-22-17-44(58)49-47(55)60/h4-12,23-25,31-32,34,43,57H,13-22,26-28H2,1-3H3,(H2,48,51)(H,49,58,60)/t31-,43-/m1/s1. The van der Waals surface area contributed by atoms with E-state index in [1.807, 2.05) is 61.2 Å². The molecule has 318 valence electrons. The van der Waals surface area contributed by atoms with E-state index in [1.54, 1.807) is 23.1 Å². The van der Waals surface area contributed by atoms with Gasteiger partial charge in [0, 0.05) is 87.0 Å². The van der Waals surface area contributed by atoms with Crippen LogP contribution < -0.4 is 20.9 Å². The summed E-state index contributed by atoms with van der Waals surface area (Å²) in [7, 11) is 0. The molecule has 2 atom stereocenters. The Hall–Kier alpha value is -5.99. The Kier molecular flexibility index (Phi) is 11.1. The number of carbonyl (C=O) groups excluding carboxylic acids is 3. The average molecular weight is 826 g/mol. The third-order valence-electron chi connectivity index (χ3n) is 13.2. The van der Waals surface area contributed by atoms with Crippen molar-refractivity contribution in [3.8, 4) is 17.0 Å². The highest BCUT2D eigenvalue weighted by Crippen LogP contribution is 2.38. The molecule has 4 amide bonds. The number of amides is 4. The lowest BCUT2D eigenvalue weighted by Gasteiger charge is -2.39. The van der Waals surface area contributed by atoms with Crippen molar-refractivity contribution < 1.29 is 24.2 Å². The Morgan fingerprint density at radius 2 is 1.67 bits per heavy atom. The van der Waals surface area contributed by atoms with E-state index in [1.165, 1.54) is 5.69 Å². The van der Waals surface area contributed by atoms with Gasteiger partial charge in [-0.25, -0.2) is 4.79 Å². The molecule has 2 aromatic heterocycles. The molecule has 0 aliphatic carbocycles. The van der Waals surface area contributed by atoms with E-state index in [0.29, 0.717) is 60.7 Å². The van der Waals surface area contributed by atoms with Gasteiger partial charge < -0.3 is 34.8 Å². The highest BCUT2D eigenvalue weighted by Gasteiger charge is 2.32. The molecule has 0 unspecified atom stereocenters. The number of morpholine rings is 1. The fourth-order valence-corrected chi connectivity index (χ4v) is 10.1. The number of imide groups is 1. The molecule has 4 aliphatic heterocycles. The van der Waals surface area contributed by atoms with Crippen LogP contribution in [0.5, 0.6) is 5.75 Å². The number of aryl methyl sites for hydroxylation is 2. The third-order valence-corrected chi connectivity index (χ3v) is 13.2. The first-order valence-electron chi connectivity index (χ1n) is 21.7. The molecular formula is C47H55N9O5. The molecule has 9 rings (SSSR count). The summed E-state index contributed by atoms with van der Waals surface area (Å²) < 4.78 is 8.92. The molecule has 0 radical (unpaired) electrons. The van der Waals surface area contributed by atoms with E-state index < -0.39 is 0 Å². The Labute approximate surface area is 356 Å². The van der Waals surface area contributed by atoms with Gasteiger partial charge in [-0.15, -0.1) is 10.2 Å². The minimum Gasteiger partial charge on any atom is -0.507 e. The predicted molar refractivity (Wildman–Crippen MR) is 236 cm³/mol. The number of anilines is 3. The summed E-state index contributed by atoms with van der Waals surface area (Å²) in [5.41, 5.74) is 14.2. The number of carbonyl (C=O) groups is 3. The van der Waals surface area contributed by atoms with Crippen molar-refractivity contribution in [2.45, 2.75) is 71.1 Å². The van der Waals surface area contributed by atoms with Gasteiger partial charge in [-0.1, -0.05) is 24.3 Å². The highest BCUT2D eigenvalue weighted by molar-refractivity contribution is 6.09. The van der Waals surface area contributed by atoms with Gasteiger partial charge in [-0.05, 0) is 112 Å². The number of nitrogens with one attached hydrogen (secondary N) is 1. The van der Waals surface area contributed by atoms with Crippen molar-refractivity contribution in [1.82, 2.24) is 29.9 Å². The van der Waals surface area contributed by atoms with Crippen LogP contribution in [0.2, 0.25) is 0 Å². The van der Waals surface area contributed by atoms with Gasteiger partial charge in [-0.3, -0.25) is 19.8 Å². The van der Waals surface area contributed by atoms with Gasteiger partial charge in [0.05, 0.1) is 28.7 Å². The third kappa shape index (κ3) is 8.14. The fourth-order valence-electron chi connectivity index (χ4n) is 10.1. The van der Waals surface area contributed by atoms with Crippen molar-refractivity contribution in [3.05, 3.63) is 95.2 Å². The lowest BCUT2D eigenvalue weighted by molar-refractivity contribution is -0.120. The second-order valence-corrected chi connectivity index (χ2v) is 17.3. The first-order chi connectivity index (χ1) is 29.5. The molecule has 4 aliphatic rings. The quantitative estimate of drug-likeness (QED) is 0.155. The minimum atomic E-state index is -0.357. The largest absolute Gasteiger partial charge is 0.507 e. The number of nitrogen functional groups attached to an aromatic ring is 1. The first-order valence-corrected chi connectivity index (χ1v) is 21.7. The average Bonchev–Trinajstić information content (AvgIpc) is 3.60. The Balaban J connectivity index is 0.785. The number of phenolic OH excluding ortho intramolecular Hbond substituents is 1. The summed E-state index contributed by atoms with van der Waals surface area (Å²) in [4.78, 5) is 46.8. The number of hydrogen-bond acceptors (Lipinski definition) is 10. The highest BCUT2D eigenvalue weighted by atomic mass is 16.5. The van der Waals surface area contributed by atoms with Crippen LogP contribution in [-0.2, 0) is 9.53 Å². The molecule has 0 saturated carbocycles. The number of ether oxygens (including phenoxy) is 1. The number of likely N-dealkylation sites (tertiary alicyclic amines) is 2. The molecule has 14 heteroatoms. The number of aromatic nitrogens is 3. The van der Waals surface area contributed by atoms with Crippen molar-refractivity contribution in [3.63, 3.8) is 0 Å². The molecule has 0 bridgehead atoms. The van der Waals surface area contributed by atoms with Crippen molar-refractivity contribution in [2.24, 2.45) is 5.92 Å². The zero-order valence-corrected chi connectivity index (χ0v) is 35.2. The predicted octanol–water partition coefficient (Wildman–Crippen LogP) is 6.60. The number of rotatable bonds is 8. The molecule has 5 aromatic rings. The van der Waals surface area contributed by atoms with E-state index in [0.717, 1.165) is 91.8 Å². The molecule has 61 heavy (non-hydrogen) atoms. The monoisotopic (exact) mass is 825 g/mol. The Bertz CT molecular complexity index is 2470. The summed E-state index contributed by atoms with van der Waals surface area (Å²) in [5.74, 6) is 0.850. The summed E-state index contributed by atoms with van der Waals surface area (Å²) >= 11 is 0. The van der Waals surface area contributed by atoms with Crippen molar-refractivity contribution >= 4 is 45.9 Å². The number of fused-ring (bicyclic) bond motifs is 1. The lowest BCUT2D eigenvalue weighted by atomic mass is 9.93. The number of benzene rings is 3. The molecule has 4 fully saturated rings. The zero-order chi connectivity index (χ0) is 42.4. The first kappa shape index (κ1) is 40.4. The van der Waals surface area contributed by atoms with Gasteiger partial charge in [0.1, 0.15) is 11.9 Å². The van der Waals surface area contributed by atoms with Crippen LogP contribution in [0.1, 0.15) is 78.4 Å². The van der Waals surface area contributed by atoms with Gasteiger partial charge >= 0.3 is 6.03 Å². The topological polar surface area (TPSA) is 162 Å². The maximum absolute atomic E-state index is 13.8. The van der Waals surface area contributed by atoms with E-state index in [9.17, 15) is 19.5 Å². The Morgan fingerprint density at radius 1 is 0.885 bits per heavy atom. The molecule has 4 saturated heterocycles. The van der Waals surface area contributed by atoms with Gasteiger partial charge in [0.15, 0.2) is 5.82 Å². The normalized spacial score (nSPS) is 21.0. The smallest absolute Gasteiger partial charge is 0.328 e. The number of aromatic hydroxyl groups is 1. The van der Waals surface area contributed by atoms with Crippen LogP contribution in [0, 0.1) is 19.8 Å². The maximum atomic E-state index is 13.8. The van der Waals surface area contributed by atoms with Gasteiger partial charge in [0.25, 0.3) is 5.91 Å². The van der Waals surface area contributed by atoms with Crippen LogP contribution >= 0.6 is 0 Å². The lowest BCUT2D eigenvalue weighted by Crippen LogP contribution is -2.49. The molecule has 4 N–H and O–H groups in total. The molecule has 14 nitrogen and oxygen atoms in total. The number of phenols is 1. The van der Waals surface area contributed by atoms with Crippen LogP contribution in [0.25, 0.3) is 22.2 Å².